The fourth-order valence-corrected chi connectivity index (χ4v) is 2.93. The number of carbonyl (C=O) groups is 2. The van der Waals surface area contributed by atoms with Gasteiger partial charge in [-0.25, -0.2) is 9.59 Å². The van der Waals surface area contributed by atoms with E-state index in [1.165, 1.54) is 18.2 Å². The van der Waals surface area contributed by atoms with Gasteiger partial charge in [0.05, 0.1) is 5.60 Å². The second kappa shape index (κ2) is 8.85. The van der Waals surface area contributed by atoms with Gasteiger partial charge in [-0.05, 0) is 60.5 Å². The first kappa shape index (κ1) is 22.4. The van der Waals surface area contributed by atoms with Crippen LogP contribution >= 0.6 is 0 Å². The fraction of sp³-hybridized carbons (Fsp3) is 0.714. The molecule has 1 aliphatic carbocycles. The van der Waals surface area contributed by atoms with Crippen LogP contribution in [-0.4, -0.2) is 33.8 Å². The molecule has 5 nitrogen and oxygen atoms in total. The average molecular weight is 366 g/mol. The summed E-state index contributed by atoms with van der Waals surface area (Å²) in [5.74, 6) is -1.17. The van der Waals surface area contributed by atoms with E-state index < -0.39 is 28.7 Å². The second-order valence-corrected chi connectivity index (χ2v) is 8.96. The SMILES string of the molecule is CC(C)(C)OC(=O)/C=C/[C@H]1CCCCC[C@]1(O)/C=C/C(=O)OC(C)(C)C. The quantitative estimate of drug-likeness (QED) is 0.461. The lowest BCUT2D eigenvalue weighted by Crippen LogP contribution is -2.34. The highest BCUT2D eigenvalue weighted by molar-refractivity contribution is 5.83. The molecule has 0 amide bonds. The molecule has 1 aliphatic rings. The summed E-state index contributed by atoms with van der Waals surface area (Å²) in [6.45, 7) is 10.8. The Morgan fingerprint density at radius 2 is 1.46 bits per heavy atom. The lowest BCUT2D eigenvalue weighted by molar-refractivity contribution is -0.149. The molecule has 1 fully saturated rings. The Balaban J connectivity index is 2.89. The number of carbonyl (C=O) groups excluding carboxylic acids is 2. The third kappa shape index (κ3) is 8.65. The molecular formula is C21H34O5. The van der Waals surface area contributed by atoms with Gasteiger partial charge in [0.2, 0.25) is 0 Å². The Morgan fingerprint density at radius 1 is 0.923 bits per heavy atom. The van der Waals surface area contributed by atoms with Gasteiger partial charge in [-0.3, -0.25) is 0 Å². The molecule has 5 heteroatoms. The molecule has 1 rings (SSSR count). The molecule has 0 spiro atoms. The molecule has 0 aromatic carbocycles. The highest BCUT2D eigenvalue weighted by Crippen LogP contribution is 2.35. The van der Waals surface area contributed by atoms with Crippen LogP contribution in [0.1, 0.15) is 73.6 Å². The minimum atomic E-state index is -1.17. The smallest absolute Gasteiger partial charge is 0.331 e. The van der Waals surface area contributed by atoms with Gasteiger partial charge in [-0.15, -0.1) is 0 Å². The lowest BCUT2D eigenvalue weighted by Gasteiger charge is -2.30. The van der Waals surface area contributed by atoms with E-state index in [0.717, 1.165) is 25.7 Å². The predicted molar refractivity (Wildman–Crippen MR) is 101 cm³/mol. The van der Waals surface area contributed by atoms with Gasteiger partial charge in [0.25, 0.3) is 0 Å². The molecule has 0 bridgehead atoms. The van der Waals surface area contributed by atoms with E-state index in [0.29, 0.717) is 6.42 Å². The molecule has 1 N–H and O–H groups in total. The van der Waals surface area contributed by atoms with Gasteiger partial charge in [-0.2, -0.15) is 0 Å². The predicted octanol–water partition coefficient (Wildman–Crippen LogP) is 4.09. The molecule has 0 aromatic rings. The van der Waals surface area contributed by atoms with Crippen molar-refractivity contribution < 1.29 is 24.2 Å². The van der Waals surface area contributed by atoms with Crippen molar-refractivity contribution in [2.45, 2.75) is 90.4 Å². The molecule has 0 aliphatic heterocycles. The topological polar surface area (TPSA) is 72.8 Å². The number of hydrogen-bond donors (Lipinski definition) is 1. The van der Waals surface area contributed by atoms with Crippen LogP contribution in [0.5, 0.6) is 0 Å². The summed E-state index contributed by atoms with van der Waals surface area (Å²) in [7, 11) is 0. The van der Waals surface area contributed by atoms with Gasteiger partial charge in [0.1, 0.15) is 11.2 Å². The maximum atomic E-state index is 11.9. The molecule has 148 valence electrons. The van der Waals surface area contributed by atoms with Crippen molar-refractivity contribution >= 4 is 11.9 Å². The molecule has 0 radical (unpaired) electrons. The number of aliphatic hydroxyl groups is 1. The second-order valence-electron chi connectivity index (χ2n) is 8.96. The van der Waals surface area contributed by atoms with Crippen molar-refractivity contribution in [3.8, 4) is 0 Å². The summed E-state index contributed by atoms with van der Waals surface area (Å²) >= 11 is 0. The zero-order chi connectivity index (χ0) is 20.0. The Kier molecular flexibility index (Phi) is 7.63. The fourth-order valence-electron chi connectivity index (χ4n) is 2.93. The van der Waals surface area contributed by atoms with Gasteiger partial charge in [-0.1, -0.05) is 25.3 Å². The van der Waals surface area contributed by atoms with Gasteiger partial charge in [0, 0.05) is 18.1 Å². The van der Waals surface area contributed by atoms with Crippen LogP contribution in [0, 0.1) is 5.92 Å². The molecule has 2 atom stereocenters. The Labute approximate surface area is 157 Å². The van der Waals surface area contributed by atoms with E-state index >= 15 is 0 Å². The highest BCUT2D eigenvalue weighted by Gasteiger charge is 2.34. The van der Waals surface area contributed by atoms with Crippen LogP contribution in [-0.2, 0) is 19.1 Å². The van der Waals surface area contributed by atoms with Crippen molar-refractivity contribution in [1.82, 2.24) is 0 Å². The van der Waals surface area contributed by atoms with Crippen molar-refractivity contribution in [2.24, 2.45) is 5.92 Å². The van der Waals surface area contributed by atoms with Crippen LogP contribution in [0.25, 0.3) is 0 Å². The summed E-state index contributed by atoms with van der Waals surface area (Å²) in [5, 5.41) is 11.1. The number of hydrogen-bond acceptors (Lipinski definition) is 5. The van der Waals surface area contributed by atoms with Crippen LogP contribution in [0.4, 0.5) is 0 Å². The minimum absolute atomic E-state index is 0.254. The van der Waals surface area contributed by atoms with Crippen molar-refractivity contribution in [3.05, 3.63) is 24.3 Å². The summed E-state index contributed by atoms with van der Waals surface area (Å²) in [5.41, 5.74) is -2.31. The normalized spacial score (nSPS) is 25.3. The van der Waals surface area contributed by atoms with Gasteiger partial charge in [0.15, 0.2) is 0 Å². The van der Waals surface area contributed by atoms with Crippen LogP contribution in [0.15, 0.2) is 24.3 Å². The van der Waals surface area contributed by atoms with Gasteiger partial charge < -0.3 is 14.6 Å². The molecule has 0 unspecified atom stereocenters. The number of esters is 2. The zero-order valence-corrected chi connectivity index (χ0v) is 17.0. The van der Waals surface area contributed by atoms with Crippen LogP contribution in [0.3, 0.4) is 0 Å². The van der Waals surface area contributed by atoms with Crippen LogP contribution < -0.4 is 0 Å². The molecule has 0 aromatic heterocycles. The number of rotatable bonds is 4. The van der Waals surface area contributed by atoms with E-state index in [1.54, 1.807) is 26.8 Å². The summed E-state index contributed by atoms with van der Waals surface area (Å²) in [6.07, 6.45) is 10.0. The molecule has 0 saturated heterocycles. The maximum Gasteiger partial charge on any atom is 0.331 e. The van der Waals surface area contributed by atoms with E-state index in [-0.39, 0.29) is 5.92 Å². The van der Waals surface area contributed by atoms with Crippen molar-refractivity contribution in [3.63, 3.8) is 0 Å². The van der Waals surface area contributed by atoms with E-state index in [4.69, 9.17) is 9.47 Å². The first-order chi connectivity index (χ1) is 11.8. The van der Waals surface area contributed by atoms with Crippen LogP contribution in [0.2, 0.25) is 0 Å². The standard InChI is InChI=1S/C21H34O5/c1-19(2,3)25-17(22)12-11-16-10-8-7-9-14-21(16,24)15-13-18(23)26-20(4,5)6/h11-13,15-16,24H,7-10,14H2,1-6H3/b12-11+,15-13+/t16-,21+/m1/s1. The van der Waals surface area contributed by atoms with Crippen molar-refractivity contribution in [1.29, 1.82) is 0 Å². The number of ether oxygens (including phenoxy) is 2. The average Bonchev–Trinajstić information content (AvgIpc) is 2.62. The van der Waals surface area contributed by atoms with E-state index in [9.17, 15) is 14.7 Å². The third-order valence-corrected chi connectivity index (χ3v) is 4.02. The third-order valence-electron chi connectivity index (χ3n) is 4.02. The maximum absolute atomic E-state index is 11.9. The highest BCUT2D eigenvalue weighted by atomic mass is 16.6. The molecular weight excluding hydrogens is 332 g/mol. The zero-order valence-electron chi connectivity index (χ0n) is 17.0. The molecule has 1 saturated carbocycles. The summed E-state index contributed by atoms with van der Waals surface area (Å²) in [6, 6.07) is 0. The van der Waals surface area contributed by atoms with Gasteiger partial charge >= 0.3 is 11.9 Å². The Morgan fingerprint density at radius 3 is 2.00 bits per heavy atom. The Bertz CT molecular complexity index is 548. The van der Waals surface area contributed by atoms with Crippen molar-refractivity contribution in [2.75, 3.05) is 0 Å². The van der Waals surface area contributed by atoms with E-state index in [2.05, 4.69) is 0 Å². The first-order valence-electron chi connectivity index (χ1n) is 9.36. The summed E-state index contributed by atoms with van der Waals surface area (Å²) < 4.78 is 10.5. The monoisotopic (exact) mass is 366 g/mol. The van der Waals surface area contributed by atoms with E-state index in [1.807, 2.05) is 20.8 Å². The molecule has 0 heterocycles. The Hall–Kier alpha value is -1.62. The largest absolute Gasteiger partial charge is 0.457 e. The minimum Gasteiger partial charge on any atom is -0.457 e. The first-order valence-corrected chi connectivity index (χ1v) is 9.36. The summed E-state index contributed by atoms with van der Waals surface area (Å²) in [4.78, 5) is 23.9. The lowest BCUT2D eigenvalue weighted by atomic mass is 9.82. The molecule has 26 heavy (non-hydrogen) atoms.